The van der Waals surface area contributed by atoms with Crippen LogP contribution in [0.15, 0.2) is 42.9 Å². The zero-order valence-electron chi connectivity index (χ0n) is 19.4. The largest absolute Gasteiger partial charge is 0.480 e. The first-order chi connectivity index (χ1) is 16.8. The fraction of sp³-hybridized carbons (Fsp3) is 0.435. The Balaban J connectivity index is 2.14. The Kier molecular flexibility index (Phi) is 11.4. The minimum absolute atomic E-state index is 0.0734. The van der Waals surface area contributed by atoms with Crippen molar-refractivity contribution < 1.29 is 24.3 Å². The van der Waals surface area contributed by atoms with Crippen LogP contribution in [0.3, 0.4) is 0 Å². The monoisotopic (exact) mass is 487 g/mol. The third kappa shape index (κ3) is 9.55. The fourth-order valence-electron chi connectivity index (χ4n) is 3.43. The first kappa shape index (κ1) is 27.5. The minimum atomic E-state index is -1.19. The van der Waals surface area contributed by atoms with Crippen molar-refractivity contribution in [2.24, 2.45) is 11.5 Å². The highest BCUT2D eigenvalue weighted by Gasteiger charge is 2.29. The van der Waals surface area contributed by atoms with Crippen molar-refractivity contribution in [1.29, 1.82) is 0 Å². The number of hydrogen-bond donors (Lipinski definition) is 7. The number of carbonyl (C=O) groups is 4. The van der Waals surface area contributed by atoms with Gasteiger partial charge in [0.2, 0.25) is 17.7 Å². The molecule has 190 valence electrons. The normalized spacial score (nSPS) is 13.3. The Morgan fingerprint density at radius 3 is 2.20 bits per heavy atom. The van der Waals surface area contributed by atoms with Crippen molar-refractivity contribution in [3.05, 3.63) is 54.1 Å². The maximum absolute atomic E-state index is 13.1. The fourth-order valence-corrected chi connectivity index (χ4v) is 3.43. The summed E-state index contributed by atoms with van der Waals surface area (Å²) in [4.78, 5) is 56.6. The molecule has 0 spiro atoms. The van der Waals surface area contributed by atoms with Gasteiger partial charge in [0.05, 0.1) is 18.6 Å². The zero-order valence-corrected chi connectivity index (χ0v) is 19.4. The Morgan fingerprint density at radius 2 is 1.60 bits per heavy atom. The van der Waals surface area contributed by atoms with Crippen LogP contribution < -0.4 is 27.4 Å². The number of carbonyl (C=O) groups excluding carboxylic acids is 3. The van der Waals surface area contributed by atoms with Crippen LogP contribution in [0.4, 0.5) is 0 Å². The highest BCUT2D eigenvalue weighted by Crippen LogP contribution is 2.07. The summed E-state index contributed by atoms with van der Waals surface area (Å²) in [6.45, 7) is 0.0902. The first-order valence-electron chi connectivity index (χ1n) is 11.4. The van der Waals surface area contributed by atoms with E-state index in [1.807, 2.05) is 6.07 Å². The van der Waals surface area contributed by atoms with Gasteiger partial charge in [-0.1, -0.05) is 30.3 Å². The number of nitrogens with one attached hydrogen (secondary N) is 4. The molecule has 0 aliphatic rings. The van der Waals surface area contributed by atoms with Crippen LogP contribution in [0.1, 0.15) is 30.5 Å². The van der Waals surface area contributed by atoms with Gasteiger partial charge in [-0.3, -0.25) is 14.4 Å². The molecule has 0 saturated heterocycles. The molecule has 9 N–H and O–H groups in total. The summed E-state index contributed by atoms with van der Waals surface area (Å²) in [5.41, 5.74) is 12.2. The second-order valence-electron chi connectivity index (χ2n) is 8.02. The predicted molar refractivity (Wildman–Crippen MR) is 128 cm³/mol. The van der Waals surface area contributed by atoms with Crippen LogP contribution in [0.5, 0.6) is 0 Å². The molecule has 1 aromatic carbocycles. The average Bonchev–Trinajstić information content (AvgIpc) is 3.36. The lowest BCUT2D eigenvalue weighted by Gasteiger charge is -2.24. The molecule has 0 saturated carbocycles. The summed E-state index contributed by atoms with van der Waals surface area (Å²) in [5, 5.41) is 17.3. The molecule has 0 aliphatic heterocycles. The standard InChI is InChI=1S/C23H33N7O5/c24-9-5-4-8-17(21(32)30-19(23(34)35)10-15-6-2-1-3-7-15)29-22(33)18(28-20(31)12-25)11-16-13-26-14-27-16/h1-3,6-7,13-14,17-19H,4-5,8-12,24-25H2,(H,26,27)(H,28,31)(H,29,33)(H,30,32)(H,34,35)/t17-,18-,19-/m0/s1. The van der Waals surface area contributed by atoms with E-state index in [0.29, 0.717) is 25.1 Å². The van der Waals surface area contributed by atoms with Crippen LogP contribution >= 0.6 is 0 Å². The van der Waals surface area contributed by atoms with Gasteiger partial charge in [-0.25, -0.2) is 9.78 Å². The van der Waals surface area contributed by atoms with Crippen molar-refractivity contribution in [2.75, 3.05) is 13.1 Å². The molecule has 0 unspecified atom stereocenters. The molecule has 3 amide bonds. The number of nitrogens with two attached hydrogens (primary N) is 2. The van der Waals surface area contributed by atoms with Crippen LogP contribution in [0.2, 0.25) is 0 Å². The van der Waals surface area contributed by atoms with Gasteiger partial charge in [-0.2, -0.15) is 0 Å². The van der Waals surface area contributed by atoms with Crippen LogP contribution in [0, 0.1) is 0 Å². The first-order valence-corrected chi connectivity index (χ1v) is 11.4. The average molecular weight is 488 g/mol. The van der Waals surface area contributed by atoms with Gasteiger partial charge in [-0.15, -0.1) is 0 Å². The smallest absolute Gasteiger partial charge is 0.326 e. The molecule has 1 aromatic heterocycles. The number of amides is 3. The van der Waals surface area contributed by atoms with Crippen LogP contribution in [0.25, 0.3) is 0 Å². The second kappa shape index (κ2) is 14.5. The number of unbranched alkanes of at least 4 members (excludes halogenated alkanes) is 1. The lowest BCUT2D eigenvalue weighted by Crippen LogP contribution is -2.57. The van der Waals surface area contributed by atoms with Gasteiger partial charge in [0.1, 0.15) is 18.1 Å². The Labute approximate surface area is 203 Å². The van der Waals surface area contributed by atoms with Crippen molar-refractivity contribution in [3.8, 4) is 0 Å². The van der Waals surface area contributed by atoms with Gasteiger partial charge in [0.15, 0.2) is 0 Å². The summed E-state index contributed by atoms with van der Waals surface area (Å²) in [6, 6.07) is 5.66. The molecule has 2 aromatic rings. The number of carboxylic acid groups (broad SMARTS) is 1. The van der Waals surface area contributed by atoms with E-state index in [4.69, 9.17) is 11.5 Å². The molecule has 3 atom stereocenters. The molecule has 0 radical (unpaired) electrons. The number of carboxylic acids is 1. The highest BCUT2D eigenvalue weighted by atomic mass is 16.4. The van der Waals surface area contributed by atoms with E-state index in [-0.39, 0.29) is 25.8 Å². The van der Waals surface area contributed by atoms with E-state index in [2.05, 4.69) is 25.9 Å². The van der Waals surface area contributed by atoms with Crippen LogP contribution in [-0.4, -0.2) is 70.0 Å². The molecule has 1 heterocycles. The second-order valence-corrected chi connectivity index (χ2v) is 8.02. The van der Waals surface area contributed by atoms with Crippen LogP contribution in [-0.2, 0) is 32.0 Å². The number of benzene rings is 1. The third-order valence-electron chi connectivity index (χ3n) is 5.28. The predicted octanol–water partition coefficient (Wildman–Crippen LogP) is -1.18. The molecule has 0 fully saturated rings. The SMILES string of the molecule is NCCCC[C@H](NC(=O)[C@H](Cc1c[nH]cn1)NC(=O)CN)C(=O)N[C@@H](Cc1ccccc1)C(=O)O. The number of rotatable bonds is 15. The van der Waals surface area contributed by atoms with Crippen molar-refractivity contribution in [2.45, 2.75) is 50.2 Å². The summed E-state index contributed by atoms with van der Waals surface area (Å²) in [7, 11) is 0. The number of hydrogen-bond acceptors (Lipinski definition) is 7. The Hall–Kier alpha value is -3.77. The number of imidazole rings is 1. The quantitative estimate of drug-likeness (QED) is 0.152. The maximum Gasteiger partial charge on any atom is 0.326 e. The molecule has 0 bridgehead atoms. The number of aromatic amines is 1. The van der Waals surface area contributed by atoms with Crippen molar-refractivity contribution in [3.63, 3.8) is 0 Å². The van der Waals surface area contributed by atoms with E-state index in [1.54, 1.807) is 30.5 Å². The van der Waals surface area contributed by atoms with Crippen molar-refractivity contribution in [1.82, 2.24) is 25.9 Å². The van der Waals surface area contributed by atoms with E-state index < -0.39 is 41.8 Å². The summed E-state index contributed by atoms with van der Waals surface area (Å²) in [5.74, 6) is -2.99. The van der Waals surface area contributed by atoms with E-state index in [9.17, 15) is 24.3 Å². The summed E-state index contributed by atoms with van der Waals surface area (Å²) >= 11 is 0. The molecule has 12 nitrogen and oxygen atoms in total. The minimum Gasteiger partial charge on any atom is -0.480 e. The zero-order chi connectivity index (χ0) is 25.6. The van der Waals surface area contributed by atoms with E-state index in [0.717, 1.165) is 5.56 Å². The molecule has 12 heteroatoms. The lowest BCUT2D eigenvalue weighted by molar-refractivity contribution is -0.142. The van der Waals surface area contributed by atoms with Gasteiger partial charge in [0.25, 0.3) is 0 Å². The van der Waals surface area contributed by atoms with Gasteiger partial charge < -0.3 is 37.5 Å². The number of H-pyrrole nitrogens is 1. The Bertz CT molecular complexity index is 952. The summed E-state index contributed by atoms with van der Waals surface area (Å²) in [6.07, 6.45) is 4.57. The maximum atomic E-state index is 13.1. The van der Waals surface area contributed by atoms with Crippen molar-refractivity contribution >= 4 is 23.7 Å². The molecular formula is C23H33N7O5. The molecule has 2 rings (SSSR count). The number of aliphatic carboxylic acids is 1. The van der Waals surface area contributed by atoms with E-state index >= 15 is 0 Å². The molecular weight excluding hydrogens is 454 g/mol. The topological polar surface area (TPSA) is 205 Å². The lowest BCUT2D eigenvalue weighted by atomic mass is 10.0. The Morgan fingerprint density at radius 1 is 0.914 bits per heavy atom. The van der Waals surface area contributed by atoms with Gasteiger partial charge >= 0.3 is 5.97 Å². The molecule has 0 aliphatic carbocycles. The third-order valence-corrected chi connectivity index (χ3v) is 5.28. The number of nitrogens with zero attached hydrogens (tertiary/aromatic N) is 1. The molecule has 35 heavy (non-hydrogen) atoms. The van der Waals surface area contributed by atoms with Gasteiger partial charge in [-0.05, 0) is 31.4 Å². The van der Waals surface area contributed by atoms with E-state index in [1.165, 1.54) is 6.33 Å². The number of aromatic nitrogens is 2. The highest BCUT2D eigenvalue weighted by molar-refractivity contribution is 5.93. The van der Waals surface area contributed by atoms with Gasteiger partial charge in [0, 0.05) is 19.0 Å². The summed E-state index contributed by atoms with van der Waals surface area (Å²) < 4.78 is 0.